The lowest BCUT2D eigenvalue weighted by atomic mass is 9.63. The molecule has 0 bridgehead atoms. The summed E-state index contributed by atoms with van der Waals surface area (Å²) >= 11 is 0. The second-order valence-electron chi connectivity index (χ2n) is 7.72. The van der Waals surface area contributed by atoms with Gasteiger partial charge >= 0.3 is 0 Å². The standard InChI is InChI=1S/C17H34N2O/c1-5-20-15-6-10-19(11-7-15)17(13-18)9-8-16(3,4)12-14(17)2/h14-15H,5-13,18H2,1-4H3. The van der Waals surface area contributed by atoms with E-state index in [1.807, 2.05) is 0 Å². The Kier molecular flexibility index (Phi) is 5.14. The van der Waals surface area contributed by atoms with Gasteiger partial charge in [0.25, 0.3) is 0 Å². The van der Waals surface area contributed by atoms with Crippen molar-refractivity contribution in [3.05, 3.63) is 0 Å². The van der Waals surface area contributed by atoms with Crippen LogP contribution in [0.3, 0.4) is 0 Å². The number of ether oxygens (including phenoxy) is 1. The molecule has 2 atom stereocenters. The Balaban J connectivity index is 2.02. The second kappa shape index (κ2) is 6.33. The van der Waals surface area contributed by atoms with Crippen molar-refractivity contribution in [2.75, 3.05) is 26.2 Å². The third kappa shape index (κ3) is 3.20. The molecule has 2 fully saturated rings. The summed E-state index contributed by atoms with van der Waals surface area (Å²) in [6, 6.07) is 0. The van der Waals surface area contributed by atoms with E-state index in [-0.39, 0.29) is 5.54 Å². The maximum atomic E-state index is 6.27. The van der Waals surface area contributed by atoms with Crippen LogP contribution in [-0.4, -0.2) is 42.8 Å². The maximum absolute atomic E-state index is 6.27. The van der Waals surface area contributed by atoms with Gasteiger partial charge in [-0.1, -0.05) is 20.8 Å². The molecule has 0 aromatic carbocycles. The van der Waals surface area contributed by atoms with E-state index in [0.717, 1.165) is 26.2 Å². The van der Waals surface area contributed by atoms with E-state index in [2.05, 4.69) is 32.6 Å². The van der Waals surface area contributed by atoms with E-state index < -0.39 is 0 Å². The van der Waals surface area contributed by atoms with Crippen LogP contribution in [0, 0.1) is 11.3 Å². The fourth-order valence-electron chi connectivity index (χ4n) is 4.53. The summed E-state index contributed by atoms with van der Waals surface area (Å²) in [6.07, 6.45) is 6.69. The predicted molar refractivity (Wildman–Crippen MR) is 84.8 cm³/mol. The molecule has 0 spiro atoms. The first kappa shape index (κ1) is 16.3. The Bertz CT molecular complexity index is 310. The van der Waals surface area contributed by atoms with Crippen molar-refractivity contribution in [3.8, 4) is 0 Å². The molecule has 2 N–H and O–H groups in total. The minimum Gasteiger partial charge on any atom is -0.378 e. The van der Waals surface area contributed by atoms with Gasteiger partial charge in [0.15, 0.2) is 0 Å². The van der Waals surface area contributed by atoms with Crippen LogP contribution in [-0.2, 0) is 4.74 Å². The lowest BCUT2D eigenvalue weighted by Crippen LogP contribution is -2.62. The monoisotopic (exact) mass is 282 g/mol. The highest BCUT2D eigenvalue weighted by Crippen LogP contribution is 2.46. The molecule has 1 aliphatic heterocycles. The number of nitrogens with two attached hydrogens (primary N) is 1. The highest BCUT2D eigenvalue weighted by Gasteiger charge is 2.47. The quantitative estimate of drug-likeness (QED) is 0.861. The summed E-state index contributed by atoms with van der Waals surface area (Å²) in [4.78, 5) is 2.70. The van der Waals surface area contributed by atoms with Crippen molar-refractivity contribution in [1.29, 1.82) is 0 Å². The van der Waals surface area contributed by atoms with E-state index in [0.29, 0.717) is 17.4 Å². The molecular weight excluding hydrogens is 248 g/mol. The van der Waals surface area contributed by atoms with Crippen molar-refractivity contribution in [1.82, 2.24) is 4.90 Å². The fourth-order valence-corrected chi connectivity index (χ4v) is 4.53. The van der Waals surface area contributed by atoms with Crippen LogP contribution in [0.25, 0.3) is 0 Å². The van der Waals surface area contributed by atoms with Gasteiger partial charge in [-0.15, -0.1) is 0 Å². The van der Waals surface area contributed by atoms with Gasteiger partial charge in [-0.3, -0.25) is 4.90 Å². The van der Waals surface area contributed by atoms with Gasteiger partial charge in [-0.2, -0.15) is 0 Å². The van der Waals surface area contributed by atoms with Crippen molar-refractivity contribution in [2.24, 2.45) is 17.1 Å². The highest BCUT2D eigenvalue weighted by atomic mass is 16.5. The van der Waals surface area contributed by atoms with Crippen LogP contribution in [0.1, 0.15) is 59.8 Å². The minimum absolute atomic E-state index is 0.243. The SMILES string of the molecule is CCOC1CCN(C2(CN)CCC(C)(C)CC2C)CC1. The fraction of sp³-hybridized carbons (Fsp3) is 1.00. The Morgan fingerprint density at radius 1 is 1.20 bits per heavy atom. The average molecular weight is 282 g/mol. The molecule has 118 valence electrons. The number of piperidine rings is 1. The lowest BCUT2D eigenvalue weighted by molar-refractivity contribution is -0.0633. The molecule has 1 saturated heterocycles. The molecule has 0 aromatic heterocycles. The molecule has 1 heterocycles. The molecule has 0 radical (unpaired) electrons. The molecule has 2 aliphatic rings. The van der Waals surface area contributed by atoms with Gasteiger partial charge in [0.2, 0.25) is 0 Å². The van der Waals surface area contributed by atoms with E-state index in [1.54, 1.807) is 0 Å². The van der Waals surface area contributed by atoms with Crippen molar-refractivity contribution < 1.29 is 4.74 Å². The molecule has 3 heteroatoms. The van der Waals surface area contributed by atoms with Crippen molar-refractivity contribution in [2.45, 2.75) is 71.4 Å². The Hall–Kier alpha value is -0.120. The Morgan fingerprint density at radius 3 is 2.35 bits per heavy atom. The Morgan fingerprint density at radius 2 is 1.85 bits per heavy atom. The first-order chi connectivity index (χ1) is 9.43. The van der Waals surface area contributed by atoms with E-state index >= 15 is 0 Å². The van der Waals surface area contributed by atoms with E-state index in [9.17, 15) is 0 Å². The number of likely N-dealkylation sites (tertiary alicyclic amines) is 1. The third-order valence-electron chi connectivity index (χ3n) is 5.84. The zero-order chi connectivity index (χ0) is 14.8. The lowest BCUT2D eigenvalue weighted by Gasteiger charge is -2.55. The van der Waals surface area contributed by atoms with Crippen LogP contribution in [0.5, 0.6) is 0 Å². The second-order valence-corrected chi connectivity index (χ2v) is 7.72. The minimum atomic E-state index is 0.243. The van der Waals surface area contributed by atoms with Crippen LogP contribution in [0.4, 0.5) is 0 Å². The summed E-state index contributed by atoms with van der Waals surface area (Å²) in [5.74, 6) is 0.694. The van der Waals surface area contributed by atoms with Gasteiger partial charge in [0, 0.05) is 31.8 Å². The number of hydrogen-bond acceptors (Lipinski definition) is 3. The first-order valence-corrected chi connectivity index (χ1v) is 8.50. The molecule has 0 aromatic rings. The molecule has 2 rings (SSSR count). The molecule has 3 nitrogen and oxygen atoms in total. The smallest absolute Gasteiger partial charge is 0.0599 e. The van der Waals surface area contributed by atoms with Gasteiger partial charge < -0.3 is 10.5 Å². The molecule has 0 amide bonds. The van der Waals surface area contributed by atoms with Crippen molar-refractivity contribution in [3.63, 3.8) is 0 Å². The molecule has 1 saturated carbocycles. The summed E-state index contributed by atoms with van der Waals surface area (Å²) in [5.41, 5.74) is 7.00. The highest BCUT2D eigenvalue weighted by molar-refractivity contribution is 5.03. The number of hydrogen-bond donors (Lipinski definition) is 1. The van der Waals surface area contributed by atoms with Gasteiger partial charge in [-0.25, -0.2) is 0 Å². The summed E-state index contributed by atoms with van der Waals surface area (Å²) in [5, 5.41) is 0. The molecule has 1 aliphatic carbocycles. The maximum Gasteiger partial charge on any atom is 0.0599 e. The van der Waals surface area contributed by atoms with Gasteiger partial charge in [0.05, 0.1) is 6.10 Å². The topological polar surface area (TPSA) is 38.5 Å². The largest absolute Gasteiger partial charge is 0.378 e. The molecule has 2 unspecified atom stereocenters. The van der Waals surface area contributed by atoms with Crippen LogP contribution in [0.2, 0.25) is 0 Å². The number of rotatable bonds is 4. The van der Waals surface area contributed by atoms with E-state index in [1.165, 1.54) is 32.1 Å². The van der Waals surface area contributed by atoms with Gasteiger partial charge in [-0.05, 0) is 50.4 Å². The van der Waals surface area contributed by atoms with Crippen LogP contribution < -0.4 is 5.73 Å². The van der Waals surface area contributed by atoms with Crippen LogP contribution in [0.15, 0.2) is 0 Å². The summed E-state index contributed by atoms with van der Waals surface area (Å²) in [7, 11) is 0. The summed E-state index contributed by atoms with van der Waals surface area (Å²) in [6.45, 7) is 13.3. The normalized spacial score (nSPS) is 36.1. The molecule has 20 heavy (non-hydrogen) atoms. The number of nitrogens with zero attached hydrogens (tertiary/aromatic N) is 1. The molecular formula is C17H34N2O. The average Bonchev–Trinajstić information content (AvgIpc) is 2.40. The van der Waals surface area contributed by atoms with E-state index in [4.69, 9.17) is 10.5 Å². The third-order valence-corrected chi connectivity index (χ3v) is 5.84. The zero-order valence-corrected chi connectivity index (χ0v) is 14.0. The van der Waals surface area contributed by atoms with Crippen LogP contribution >= 0.6 is 0 Å². The predicted octanol–water partition coefficient (Wildman–Crippen LogP) is 3.03. The first-order valence-electron chi connectivity index (χ1n) is 8.50. The van der Waals surface area contributed by atoms with Crippen molar-refractivity contribution >= 4 is 0 Å². The Labute approximate surface area is 125 Å². The zero-order valence-electron chi connectivity index (χ0n) is 14.0. The van der Waals surface area contributed by atoms with Gasteiger partial charge in [0.1, 0.15) is 0 Å². The summed E-state index contributed by atoms with van der Waals surface area (Å²) < 4.78 is 5.79.